The molecular formula is C22H41NO. The van der Waals surface area contributed by atoms with Gasteiger partial charge in [0.15, 0.2) is 5.76 Å². The standard InChI is InChI=1S/C12H15NO.C4H8.3C2H6/c1-6-10-12(8-3)14-11(7-2)9(4)13(10)5;1-3-4-2;3*1-2/h6-8H,1-3H2,4-5H3;3H,1,4H2,2H3;3*1-2H3. The van der Waals surface area contributed by atoms with Crippen molar-refractivity contribution in [2.45, 2.75) is 61.8 Å². The molecule has 0 atom stereocenters. The van der Waals surface area contributed by atoms with Crippen molar-refractivity contribution >= 4 is 0 Å². The second-order valence-corrected chi connectivity index (χ2v) is 3.67. The molecule has 0 aromatic heterocycles. The van der Waals surface area contributed by atoms with Gasteiger partial charge < -0.3 is 9.64 Å². The molecule has 24 heavy (non-hydrogen) atoms. The maximum Gasteiger partial charge on any atom is 0.150 e. The summed E-state index contributed by atoms with van der Waals surface area (Å²) in [6, 6.07) is 0. The first kappa shape index (κ1) is 30.0. The van der Waals surface area contributed by atoms with E-state index in [1.54, 1.807) is 18.2 Å². The molecule has 0 amide bonds. The molecule has 1 aliphatic heterocycles. The summed E-state index contributed by atoms with van der Waals surface area (Å²) in [6.07, 6.45) is 8.07. The summed E-state index contributed by atoms with van der Waals surface area (Å²) in [7, 11) is 1.96. The average molecular weight is 336 g/mol. The van der Waals surface area contributed by atoms with Gasteiger partial charge >= 0.3 is 0 Å². The zero-order valence-electron chi connectivity index (χ0n) is 17.7. The lowest BCUT2D eigenvalue weighted by atomic mass is 10.2. The predicted molar refractivity (Wildman–Crippen MR) is 114 cm³/mol. The molecule has 2 nitrogen and oxygen atoms in total. The normalized spacial score (nSPS) is 11.5. The number of hydrogen-bond acceptors (Lipinski definition) is 2. The van der Waals surface area contributed by atoms with Crippen molar-refractivity contribution in [1.29, 1.82) is 0 Å². The van der Waals surface area contributed by atoms with E-state index in [9.17, 15) is 0 Å². The van der Waals surface area contributed by atoms with Gasteiger partial charge in [-0.25, -0.2) is 0 Å². The Morgan fingerprint density at radius 1 is 0.833 bits per heavy atom. The summed E-state index contributed by atoms with van der Waals surface area (Å²) in [5.74, 6) is 1.47. The SMILES string of the molecule is C=CC1=C(C)N(C)C(C=C)=C(C=C)O1.C=CCC.CC.CC.CC. The van der Waals surface area contributed by atoms with E-state index in [1.165, 1.54) is 0 Å². The van der Waals surface area contributed by atoms with Crippen LogP contribution in [0.15, 0.2) is 73.5 Å². The fraction of sp³-hybridized carbons (Fsp3) is 0.455. The van der Waals surface area contributed by atoms with Gasteiger partial charge in [-0.3, -0.25) is 0 Å². The van der Waals surface area contributed by atoms with Crippen molar-refractivity contribution in [2.75, 3.05) is 7.05 Å². The first-order valence-electron chi connectivity index (χ1n) is 8.92. The van der Waals surface area contributed by atoms with Gasteiger partial charge in [-0.2, -0.15) is 0 Å². The molecule has 0 fully saturated rings. The second kappa shape index (κ2) is 23.3. The van der Waals surface area contributed by atoms with Crippen LogP contribution in [-0.2, 0) is 4.74 Å². The zero-order chi connectivity index (χ0) is 20.1. The smallest absolute Gasteiger partial charge is 0.150 e. The lowest BCUT2D eigenvalue weighted by Crippen LogP contribution is -2.22. The third-order valence-electron chi connectivity index (χ3n) is 2.55. The summed E-state index contributed by atoms with van der Waals surface area (Å²) in [4.78, 5) is 2.00. The molecule has 2 heteroatoms. The van der Waals surface area contributed by atoms with E-state index in [2.05, 4.69) is 33.2 Å². The summed E-state index contributed by atoms with van der Waals surface area (Å²) in [5, 5.41) is 0. The number of likely N-dealkylation sites (N-methyl/N-ethyl adjacent to an activating group) is 1. The molecule has 0 saturated carbocycles. The van der Waals surface area contributed by atoms with Crippen LogP contribution in [0.25, 0.3) is 0 Å². The van der Waals surface area contributed by atoms with Crippen LogP contribution in [-0.4, -0.2) is 11.9 Å². The Bertz CT molecular complexity index is 400. The molecule has 1 rings (SSSR count). The molecular weight excluding hydrogens is 294 g/mol. The highest BCUT2D eigenvalue weighted by atomic mass is 16.5. The molecule has 0 saturated heterocycles. The molecule has 1 heterocycles. The van der Waals surface area contributed by atoms with Crippen molar-refractivity contribution < 1.29 is 4.74 Å². The number of nitrogens with zero attached hydrogens (tertiary/aromatic N) is 1. The van der Waals surface area contributed by atoms with Crippen molar-refractivity contribution in [3.05, 3.63) is 73.5 Å². The van der Waals surface area contributed by atoms with Crippen molar-refractivity contribution in [3.63, 3.8) is 0 Å². The minimum Gasteiger partial charge on any atom is -0.453 e. The molecule has 0 radical (unpaired) electrons. The van der Waals surface area contributed by atoms with Crippen LogP contribution in [0.1, 0.15) is 61.8 Å². The van der Waals surface area contributed by atoms with E-state index in [1.807, 2.05) is 66.5 Å². The van der Waals surface area contributed by atoms with Crippen LogP contribution in [0.4, 0.5) is 0 Å². The van der Waals surface area contributed by atoms with Gasteiger partial charge in [-0.15, -0.1) is 6.58 Å². The van der Waals surface area contributed by atoms with Crippen LogP contribution in [0.2, 0.25) is 0 Å². The lowest BCUT2D eigenvalue weighted by Gasteiger charge is -2.29. The largest absolute Gasteiger partial charge is 0.453 e. The average Bonchev–Trinajstić information content (AvgIpc) is 2.68. The fourth-order valence-corrected chi connectivity index (χ4v) is 1.33. The van der Waals surface area contributed by atoms with E-state index >= 15 is 0 Å². The van der Waals surface area contributed by atoms with E-state index < -0.39 is 0 Å². The molecule has 140 valence electrons. The Kier molecular flexibility index (Phi) is 29.1. The quantitative estimate of drug-likeness (QED) is 0.490. The van der Waals surface area contributed by atoms with Crippen LogP contribution in [0.5, 0.6) is 0 Å². The van der Waals surface area contributed by atoms with Gasteiger partial charge in [0.05, 0.1) is 11.4 Å². The monoisotopic (exact) mass is 335 g/mol. The lowest BCUT2D eigenvalue weighted by molar-refractivity contribution is 0.276. The third kappa shape index (κ3) is 11.6. The number of allylic oxidation sites excluding steroid dienone is 5. The third-order valence-corrected chi connectivity index (χ3v) is 2.55. The highest BCUT2D eigenvalue weighted by Gasteiger charge is 2.18. The summed E-state index contributed by atoms with van der Waals surface area (Å²) >= 11 is 0. The molecule has 0 aromatic carbocycles. The highest BCUT2D eigenvalue weighted by Crippen LogP contribution is 2.27. The number of rotatable bonds is 4. The Labute approximate surface area is 152 Å². The van der Waals surface area contributed by atoms with E-state index in [0.29, 0.717) is 5.76 Å². The summed E-state index contributed by atoms with van der Waals surface area (Å²) in [6.45, 7) is 30.6. The summed E-state index contributed by atoms with van der Waals surface area (Å²) in [5.41, 5.74) is 1.93. The van der Waals surface area contributed by atoms with Crippen LogP contribution in [0, 0.1) is 0 Å². The van der Waals surface area contributed by atoms with E-state index in [-0.39, 0.29) is 0 Å². The van der Waals surface area contributed by atoms with Gasteiger partial charge in [0, 0.05) is 7.05 Å². The number of ether oxygens (including phenoxy) is 1. The van der Waals surface area contributed by atoms with Crippen LogP contribution in [0.3, 0.4) is 0 Å². The molecule has 0 unspecified atom stereocenters. The van der Waals surface area contributed by atoms with E-state index in [0.717, 1.165) is 23.6 Å². The second-order valence-electron chi connectivity index (χ2n) is 3.67. The molecule has 0 bridgehead atoms. The fourth-order valence-electron chi connectivity index (χ4n) is 1.33. The van der Waals surface area contributed by atoms with Crippen molar-refractivity contribution in [1.82, 2.24) is 4.90 Å². The molecule has 0 spiro atoms. The van der Waals surface area contributed by atoms with E-state index in [4.69, 9.17) is 4.74 Å². The minimum atomic E-state index is 0.711. The zero-order valence-corrected chi connectivity index (χ0v) is 17.7. The highest BCUT2D eigenvalue weighted by molar-refractivity contribution is 5.36. The Balaban J connectivity index is -0.000000169. The minimum absolute atomic E-state index is 0.711. The predicted octanol–water partition coefficient (Wildman–Crippen LogP) is 7.61. The van der Waals surface area contributed by atoms with Crippen LogP contribution >= 0.6 is 0 Å². The van der Waals surface area contributed by atoms with Gasteiger partial charge in [0.1, 0.15) is 5.76 Å². The van der Waals surface area contributed by atoms with Gasteiger partial charge in [-0.1, -0.05) is 74.3 Å². The first-order chi connectivity index (χ1) is 11.6. The number of hydrogen-bond donors (Lipinski definition) is 0. The summed E-state index contributed by atoms with van der Waals surface area (Å²) < 4.78 is 5.58. The van der Waals surface area contributed by atoms with Gasteiger partial charge in [-0.05, 0) is 31.6 Å². The first-order valence-corrected chi connectivity index (χ1v) is 8.92. The van der Waals surface area contributed by atoms with Crippen molar-refractivity contribution in [3.8, 4) is 0 Å². The maximum absolute atomic E-state index is 5.58. The van der Waals surface area contributed by atoms with Gasteiger partial charge in [0.25, 0.3) is 0 Å². The molecule has 0 N–H and O–H groups in total. The molecule has 0 aliphatic carbocycles. The topological polar surface area (TPSA) is 12.5 Å². The molecule has 0 aromatic rings. The van der Waals surface area contributed by atoms with Crippen LogP contribution < -0.4 is 0 Å². The Morgan fingerprint density at radius 2 is 1.21 bits per heavy atom. The Morgan fingerprint density at radius 3 is 1.46 bits per heavy atom. The Hall–Kier alpha value is -1.96. The maximum atomic E-state index is 5.58. The molecule has 1 aliphatic rings. The van der Waals surface area contributed by atoms with Crippen molar-refractivity contribution in [2.24, 2.45) is 0 Å². The van der Waals surface area contributed by atoms with Gasteiger partial charge in [0.2, 0.25) is 0 Å².